The molecule has 1 fully saturated rings. The van der Waals surface area contributed by atoms with E-state index in [2.05, 4.69) is 22.6 Å². The van der Waals surface area contributed by atoms with Crippen LogP contribution in [-0.2, 0) is 19.2 Å². The summed E-state index contributed by atoms with van der Waals surface area (Å²) in [5.74, 6) is 0.293. The monoisotopic (exact) mass is 425 g/mol. The fourth-order valence-corrected chi connectivity index (χ4v) is 3.35. The first-order valence-corrected chi connectivity index (χ1v) is 9.38. The number of rotatable bonds is 5. The number of hydrogen-bond acceptors (Lipinski definition) is 5. The molecular weight excluding hydrogens is 397 g/mol. The molecule has 1 rings (SSSR count). The molecule has 1 aliphatic rings. The lowest BCUT2D eigenvalue weighted by atomic mass is 9.85. The van der Waals surface area contributed by atoms with Gasteiger partial charge in [0.2, 0.25) is 0 Å². The predicted molar refractivity (Wildman–Crippen MR) is 93.4 cm³/mol. The van der Waals surface area contributed by atoms with Crippen molar-refractivity contribution in [3.8, 4) is 0 Å². The molecule has 0 amide bonds. The van der Waals surface area contributed by atoms with Crippen LogP contribution in [0.4, 0.5) is 0 Å². The normalized spacial score (nSPS) is 23.4. The summed E-state index contributed by atoms with van der Waals surface area (Å²) in [6.07, 6.45) is 1.23. The van der Waals surface area contributed by atoms with E-state index in [9.17, 15) is 9.59 Å². The Labute approximate surface area is 147 Å². The molecule has 0 bridgehead atoms. The first kappa shape index (κ1) is 19.7. The van der Waals surface area contributed by atoms with E-state index in [1.807, 2.05) is 34.6 Å². The zero-order valence-corrected chi connectivity index (χ0v) is 16.4. The molecule has 0 saturated carbocycles. The second kappa shape index (κ2) is 8.47. The van der Waals surface area contributed by atoms with Crippen molar-refractivity contribution in [2.24, 2.45) is 17.3 Å². The van der Waals surface area contributed by atoms with Gasteiger partial charge >= 0.3 is 11.9 Å². The Bertz CT molecular complexity index is 392. The van der Waals surface area contributed by atoms with E-state index in [0.29, 0.717) is 31.3 Å². The molecule has 1 aliphatic heterocycles. The molecular formula is C16H28INO4. The molecule has 0 radical (unpaired) electrons. The second-order valence-electron chi connectivity index (χ2n) is 7.22. The Morgan fingerprint density at radius 2 is 1.91 bits per heavy atom. The summed E-state index contributed by atoms with van der Waals surface area (Å²) in [7, 11) is 0. The van der Waals surface area contributed by atoms with Gasteiger partial charge in [-0.3, -0.25) is 4.79 Å². The Kier molecular flexibility index (Phi) is 7.58. The molecule has 5 nitrogen and oxygen atoms in total. The van der Waals surface area contributed by atoms with E-state index in [0.717, 1.165) is 10.8 Å². The van der Waals surface area contributed by atoms with Gasteiger partial charge in [-0.2, -0.15) is 0 Å². The van der Waals surface area contributed by atoms with Crippen LogP contribution in [0.5, 0.6) is 0 Å². The summed E-state index contributed by atoms with van der Waals surface area (Å²) in [6, 6.07) is 0. The van der Waals surface area contributed by atoms with Gasteiger partial charge in [-0.1, -0.05) is 22.6 Å². The summed E-state index contributed by atoms with van der Waals surface area (Å²) < 4.78 is 6.17. The summed E-state index contributed by atoms with van der Waals surface area (Å²) in [4.78, 5) is 29.3. The molecule has 22 heavy (non-hydrogen) atoms. The maximum absolute atomic E-state index is 12.0. The number of nitrogens with zero attached hydrogens (tertiary/aromatic N) is 1. The molecule has 1 unspecified atom stereocenters. The quantitative estimate of drug-likeness (QED) is 0.385. The highest BCUT2D eigenvalue weighted by atomic mass is 127. The molecule has 0 N–H and O–H groups in total. The lowest BCUT2D eigenvalue weighted by Gasteiger charge is -2.37. The van der Waals surface area contributed by atoms with Crippen LogP contribution < -0.4 is 0 Å². The lowest BCUT2D eigenvalue weighted by Crippen LogP contribution is -2.44. The zero-order valence-electron chi connectivity index (χ0n) is 14.2. The topological polar surface area (TPSA) is 55.8 Å². The van der Waals surface area contributed by atoms with Crippen LogP contribution in [0.2, 0.25) is 0 Å². The minimum Gasteiger partial charge on any atom is -0.463 e. The number of halogens is 1. The average Bonchev–Trinajstić information content (AvgIpc) is 2.38. The van der Waals surface area contributed by atoms with Crippen LogP contribution in [0.3, 0.4) is 0 Å². The highest BCUT2D eigenvalue weighted by Crippen LogP contribution is 2.29. The van der Waals surface area contributed by atoms with Gasteiger partial charge in [0.1, 0.15) is 0 Å². The van der Waals surface area contributed by atoms with Gasteiger partial charge in [-0.05, 0) is 52.9 Å². The average molecular weight is 425 g/mol. The number of carbonyl (C=O) groups excluding carboxylic acids is 2. The van der Waals surface area contributed by atoms with Crippen molar-refractivity contribution in [2.45, 2.75) is 53.6 Å². The Balaban J connectivity index is 2.53. The van der Waals surface area contributed by atoms with Crippen LogP contribution in [0.25, 0.3) is 0 Å². The van der Waals surface area contributed by atoms with Gasteiger partial charge in [0.15, 0.2) is 0 Å². The zero-order chi connectivity index (χ0) is 16.9. The first-order chi connectivity index (χ1) is 10.1. The van der Waals surface area contributed by atoms with Gasteiger partial charge in [-0.25, -0.2) is 4.79 Å². The minimum absolute atomic E-state index is 0.0709. The third-order valence-corrected chi connectivity index (χ3v) is 4.80. The Hall–Kier alpha value is -0.370. The van der Waals surface area contributed by atoms with E-state index in [1.165, 1.54) is 0 Å². The number of alkyl halides is 1. The van der Waals surface area contributed by atoms with E-state index in [-0.39, 0.29) is 18.0 Å². The van der Waals surface area contributed by atoms with E-state index in [1.54, 1.807) is 5.06 Å². The molecule has 0 aliphatic carbocycles. The van der Waals surface area contributed by atoms with Crippen LogP contribution in [0, 0.1) is 17.3 Å². The van der Waals surface area contributed by atoms with Crippen LogP contribution in [0.15, 0.2) is 0 Å². The number of hydroxylamine groups is 2. The van der Waals surface area contributed by atoms with Gasteiger partial charge < -0.3 is 9.57 Å². The summed E-state index contributed by atoms with van der Waals surface area (Å²) in [5.41, 5.74) is -0.502. The largest absolute Gasteiger partial charge is 0.463 e. The molecule has 0 spiro atoms. The number of esters is 1. The molecule has 128 valence electrons. The predicted octanol–water partition coefficient (Wildman–Crippen LogP) is 3.21. The van der Waals surface area contributed by atoms with Gasteiger partial charge in [-0.15, -0.1) is 5.06 Å². The standard InChI is InChI=1S/C16H28INO4/c1-11(2)21-14(19)8-12-6-7-18(10-13(12)9-17)22-15(20)16(3,4)5/h11-13H,6-10H2,1-5H3/t12-,13?/m0/s1. The second-order valence-corrected chi connectivity index (χ2v) is 8.10. The number of carbonyl (C=O) groups is 2. The molecule has 1 heterocycles. The third-order valence-electron chi connectivity index (χ3n) is 3.67. The first-order valence-electron chi connectivity index (χ1n) is 7.86. The maximum Gasteiger partial charge on any atom is 0.330 e. The van der Waals surface area contributed by atoms with Crippen molar-refractivity contribution >= 4 is 34.5 Å². The Morgan fingerprint density at radius 1 is 1.27 bits per heavy atom. The van der Waals surface area contributed by atoms with E-state index < -0.39 is 5.41 Å². The molecule has 2 atom stereocenters. The Morgan fingerprint density at radius 3 is 2.41 bits per heavy atom. The van der Waals surface area contributed by atoms with Gasteiger partial charge in [0, 0.05) is 23.9 Å². The molecule has 0 aromatic carbocycles. The van der Waals surface area contributed by atoms with Crippen molar-refractivity contribution < 1.29 is 19.2 Å². The van der Waals surface area contributed by atoms with Gasteiger partial charge in [0.05, 0.1) is 11.5 Å². The summed E-state index contributed by atoms with van der Waals surface area (Å²) in [5, 5.41) is 1.75. The van der Waals surface area contributed by atoms with E-state index in [4.69, 9.17) is 9.57 Å². The number of hydrogen-bond donors (Lipinski definition) is 0. The fourth-order valence-electron chi connectivity index (χ4n) is 2.35. The SMILES string of the molecule is CC(C)OC(=O)C[C@@H]1CCN(OC(=O)C(C)(C)C)CC1CI. The van der Waals surface area contributed by atoms with Crippen molar-refractivity contribution in [1.29, 1.82) is 0 Å². The lowest BCUT2D eigenvalue weighted by molar-refractivity contribution is -0.210. The maximum atomic E-state index is 12.0. The van der Waals surface area contributed by atoms with Crippen molar-refractivity contribution in [3.05, 3.63) is 0 Å². The highest BCUT2D eigenvalue weighted by Gasteiger charge is 2.34. The van der Waals surface area contributed by atoms with Crippen molar-refractivity contribution in [3.63, 3.8) is 0 Å². The minimum atomic E-state index is -0.502. The third kappa shape index (κ3) is 6.40. The fraction of sp³-hybridized carbons (Fsp3) is 0.875. The van der Waals surface area contributed by atoms with Crippen molar-refractivity contribution in [1.82, 2.24) is 5.06 Å². The van der Waals surface area contributed by atoms with Crippen LogP contribution >= 0.6 is 22.6 Å². The van der Waals surface area contributed by atoms with E-state index >= 15 is 0 Å². The molecule has 0 aromatic heterocycles. The van der Waals surface area contributed by atoms with Crippen LogP contribution in [-0.4, -0.2) is 40.6 Å². The number of piperidine rings is 1. The van der Waals surface area contributed by atoms with Crippen LogP contribution in [0.1, 0.15) is 47.5 Å². The summed E-state index contributed by atoms with van der Waals surface area (Å²) >= 11 is 2.33. The smallest absolute Gasteiger partial charge is 0.330 e. The van der Waals surface area contributed by atoms with Crippen molar-refractivity contribution in [2.75, 3.05) is 17.5 Å². The molecule has 1 saturated heterocycles. The molecule has 6 heteroatoms. The molecule has 0 aromatic rings. The highest BCUT2D eigenvalue weighted by molar-refractivity contribution is 14.1. The number of ether oxygens (including phenoxy) is 1. The summed E-state index contributed by atoms with van der Waals surface area (Å²) in [6.45, 7) is 10.6. The van der Waals surface area contributed by atoms with Gasteiger partial charge in [0.25, 0.3) is 0 Å².